The van der Waals surface area contributed by atoms with Crippen LogP contribution in [0.4, 0.5) is 26.3 Å². The van der Waals surface area contributed by atoms with Crippen LogP contribution in [0, 0.1) is 5.92 Å². The van der Waals surface area contributed by atoms with Crippen molar-refractivity contribution in [2.75, 3.05) is 13.2 Å². The Morgan fingerprint density at radius 1 is 0.970 bits per heavy atom. The second kappa shape index (κ2) is 9.10. The summed E-state index contributed by atoms with van der Waals surface area (Å²) in [5.41, 5.74) is -2.71. The Kier molecular flexibility index (Phi) is 6.55. The zero-order valence-electron chi connectivity index (χ0n) is 17.7. The number of aliphatic imine (C=N–C) groups is 1. The molecule has 2 heterocycles. The van der Waals surface area contributed by atoms with Gasteiger partial charge in [-0.25, -0.2) is 0 Å². The molecule has 2 aliphatic heterocycles. The first-order chi connectivity index (χ1) is 15.6. The average Bonchev–Trinajstić information content (AvgIpc) is 2.78. The van der Waals surface area contributed by atoms with Gasteiger partial charge in [-0.2, -0.15) is 26.3 Å². The minimum atomic E-state index is -4.89. The summed E-state index contributed by atoms with van der Waals surface area (Å²) in [5.74, 6) is 0.324. The van der Waals surface area contributed by atoms with Gasteiger partial charge in [0.2, 0.25) is 0 Å². The predicted octanol–water partition coefficient (Wildman–Crippen LogP) is 5.98. The normalized spacial score (nSPS) is 25.6. The topological polar surface area (TPSA) is 33.6 Å². The molecule has 33 heavy (non-hydrogen) atoms. The summed E-state index contributed by atoms with van der Waals surface area (Å²) >= 11 is 0. The van der Waals surface area contributed by atoms with Crippen LogP contribution in [0.1, 0.15) is 41.5 Å². The Morgan fingerprint density at radius 3 is 2.27 bits per heavy atom. The lowest BCUT2D eigenvalue weighted by Crippen LogP contribution is -2.49. The molecule has 4 rings (SSSR count). The number of alkyl halides is 6. The zero-order valence-corrected chi connectivity index (χ0v) is 17.7. The van der Waals surface area contributed by atoms with Crippen LogP contribution in [0.25, 0.3) is 0 Å². The number of hydrogen-bond acceptors (Lipinski definition) is 3. The number of piperidine rings is 1. The molecule has 2 aromatic carbocycles. The molecule has 3 atom stereocenters. The highest BCUT2D eigenvalue weighted by Crippen LogP contribution is 2.40. The van der Waals surface area contributed by atoms with Gasteiger partial charge in [0.05, 0.1) is 24.3 Å². The van der Waals surface area contributed by atoms with Crippen molar-refractivity contribution in [3.63, 3.8) is 0 Å². The average molecular weight is 470 g/mol. The molecule has 2 aromatic rings. The van der Waals surface area contributed by atoms with Gasteiger partial charge in [-0.1, -0.05) is 30.3 Å². The van der Waals surface area contributed by atoms with Gasteiger partial charge in [-0.15, -0.1) is 0 Å². The maximum Gasteiger partial charge on any atom is 0.416 e. The van der Waals surface area contributed by atoms with Crippen LogP contribution >= 0.6 is 0 Å². The monoisotopic (exact) mass is 470 g/mol. The maximum absolute atomic E-state index is 13.2. The third-order valence-corrected chi connectivity index (χ3v) is 6.29. The molecular weight excluding hydrogens is 446 g/mol. The van der Waals surface area contributed by atoms with Gasteiger partial charge in [-0.3, -0.25) is 4.99 Å². The van der Waals surface area contributed by atoms with Crippen LogP contribution in [0.5, 0.6) is 0 Å². The minimum absolute atomic E-state index is 0.0499. The minimum Gasteiger partial charge on any atom is -0.374 e. The number of ether oxygens (including phenoxy) is 1. The standard InChI is InChI=1S/C24H24F6N2O/c25-23(26,27)19-9-16(10-20(11-19)24(28,29)30)14-33-15-22(18-6-2-1-3-7-18)12-17-5-4-8-31-21(17)13-32-22/h1-3,6-7,9-11,13,17,21,31H,4-5,8,12,14-15H2/t17-,21+,22-/m1/s1. The number of nitrogens with one attached hydrogen (secondary N) is 1. The number of benzene rings is 2. The van der Waals surface area contributed by atoms with E-state index in [4.69, 9.17) is 9.73 Å². The van der Waals surface area contributed by atoms with Gasteiger partial charge in [0.1, 0.15) is 5.54 Å². The van der Waals surface area contributed by atoms with E-state index in [1.165, 1.54) is 0 Å². The smallest absolute Gasteiger partial charge is 0.374 e. The molecule has 0 radical (unpaired) electrons. The first kappa shape index (κ1) is 23.8. The number of fused-ring (bicyclic) bond motifs is 1. The van der Waals surface area contributed by atoms with E-state index < -0.39 is 29.0 Å². The van der Waals surface area contributed by atoms with Crippen molar-refractivity contribution < 1.29 is 31.1 Å². The highest BCUT2D eigenvalue weighted by atomic mass is 19.4. The largest absolute Gasteiger partial charge is 0.416 e. The van der Waals surface area contributed by atoms with E-state index in [1.807, 2.05) is 36.5 Å². The Bertz CT molecular complexity index is 956. The van der Waals surface area contributed by atoms with Gasteiger partial charge in [0, 0.05) is 12.3 Å². The molecule has 1 fully saturated rings. The van der Waals surface area contributed by atoms with Crippen LogP contribution in [-0.4, -0.2) is 25.4 Å². The summed E-state index contributed by atoms with van der Waals surface area (Å²) in [6.45, 7) is 0.580. The lowest BCUT2D eigenvalue weighted by atomic mass is 9.74. The van der Waals surface area contributed by atoms with Gasteiger partial charge in [-0.05, 0) is 61.1 Å². The first-order valence-electron chi connectivity index (χ1n) is 10.8. The molecular formula is C24H24F6N2O. The summed E-state index contributed by atoms with van der Waals surface area (Å²) < 4.78 is 84.7. The third kappa shape index (κ3) is 5.41. The SMILES string of the molecule is FC(F)(F)c1cc(COC[C@@]2(c3ccccc3)C[C@H]3CCCN[C@H]3C=N2)cc(C(F)(F)F)c1. The van der Waals surface area contributed by atoms with Gasteiger partial charge in [0.15, 0.2) is 0 Å². The van der Waals surface area contributed by atoms with E-state index in [0.29, 0.717) is 24.5 Å². The lowest BCUT2D eigenvalue weighted by Gasteiger charge is -2.42. The highest BCUT2D eigenvalue weighted by molar-refractivity contribution is 5.67. The van der Waals surface area contributed by atoms with Crippen molar-refractivity contribution >= 4 is 6.21 Å². The van der Waals surface area contributed by atoms with Crippen molar-refractivity contribution in [1.82, 2.24) is 5.32 Å². The molecule has 2 aliphatic rings. The fourth-order valence-electron chi connectivity index (χ4n) is 4.65. The van der Waals surface area contributed by atoms with E-state index in [9.17, 15) is 26.3 Å². The number of nitrogens with zero attached hydrogens (tertiary/aromatic N) is 1. The van der Waals surface area contributed by atoms with Crippen LogP contribution in [0.2, 0.25) is 0 Å². The quantitative estimate of drug-likeness (QED) is 0.546. The molecule has 1 saturated heterocycles. The summed E-state index contributed by atoms with van der Waals surface area (Å²) in [4.78, 5) is 4.79. The number of rotatable bonds is 5. The van der Waals surface area contributed by atoms with Gasteiger partial charge >= 0.3 is 12.4 Å². The van der Waals surface area contributed by atoms with Crippen LogP contribution in [0.3, 0.4) is 0 Å². The maximum atomic E-state index is 13.2. The lowest BCUT2D eigenvalue weighted by molar-refractivity contribution is -0.143. The summed E-state index contributed by atoms with van der Waals surface area (Å²) in [5, 5.41) is 3.43. The summed E-state index contributed by atoms with van der Waals surface area (Å²) in [7, 11) is 0. The fraction of sp³-hybridized carbons (Fsp3) is 0.458. The van der Waals surface area contributed by atoms with E-state index in [2.05, 4.69) is 5.32 Å². The molecule has 0 amide bonds. The Hall–Kier alpha value is -2.39. The second-order valence-electron chi connectivity index (χ2n) is 8.67. The molecule has 9 heteroatoms. The zero-order chi connectivity index (χ0) is 23.7. The first-order valence-corrected chi connectivity index (χ1v) is 10.8. The van der Waals surface area contributed by atoms with Crippen molar-refractivity contribution in [3.05, 3.63) is 70.8 Å². The molecule has 0 aliphatic carbocycles. The number of hydrogen-bond donors (Lipinski definition) is 1. The Morgan fingerprint density at radius 2 is 1.64 bits per heavy atom. The Labute approximate surface area is 187 Å². The summed E-state index contributed by atoms with van der Waals surface area (Å²) in [6.07, 6.45) is -5.18. The summed E-state index contributed by atoms with van der Waals surface area (Å²) in [6, 6.07) is 11.2. The van der Waals surface area contributed by atoms with E-state index in [0.717, 1.165) is 24.9 Å². The molecule has 0 spiro atoms. The van der Waals surface area contributed by atoms with Crippen molar-refractivity contribution in [1.29, 1.82) is 0 Å². The molecule has 3 nitrogen and oxygen atoms in total. The van der Waals surface area contributed by atoms with E-state index >= 15 is 0 Å². The Balaban J connectivity index is 1.57. The second-order valence-corrected chi connectivity index (χ2v) is 8.67. The van der Waals surface area contributed by atoms with Crippen LogP contribution in [-0.2, 0) is 29.2 Å². The van der Waals surface area contributed by atoms with Crippen molar-refractivity contribution in [2.45, 2.75) is 49.8 Å². The van der Waals surface area contributed by atoms with Crippen molar-refractivity contribution in [3.8, 4) is 0 Å². The molecule has 178 valence electrons. The predicted molar refractivity (Wildman–Crippen MR) is 112 cm³/mol. The van der Waals surface area contributed by atoms with Crippen LogP contribution < -0.4 is 5.32 Å². The fourth-order valence-corrected chi connectivity index (χ4v) is 4.65. The molecule has 1 N–H and O–H groups in total. The third-order valence-electron chi connectivity index (χ3n) is 6.29. The molecule has 0 aromatic heterocycles. The molecule has 0 bridgehead atoms. The number of halogens is 6. The van der Waals surface area contributed by atoms with E-state index in [-0.39, 0.29) is 30.9 Å². The van der Waals surface area contributed by atoms with Crippen LogP contribution in [0.15, 0.2) is 53.5 Å². The molecule has 0 unspecified atom stereocenters. The van der Waals surface area contributed by atoms with Gasteiger partial charge in [0.25, 0.3) is 0 Å². The highest BCUT2D eigenvalue weighted by Gasteiger charge is 2.41. The van der Waals surface area contributed by atoms with Gasteiger partial charge < -0.3 is 10.1 Å². The van der Waals surface area contributed by atoms with E-state index in [1.54, 1.807) is 0 Å². The molecule has 0 saturated carbocycles. The van der Waals surface area contributed by atoms with Crippen molar-refractivity contribution in [2.24, 2.45) is 10.9 Å².